The summed E-state index contributed by atoms with van der Waals surface area (Å²) in [7, 11) is 6.03. The largest absolute Gasteiger partial charge is 0.366 e. The van der Waals surface area contributed by atoms with Gasteiger partial charge in [0, 0.05) is 11.8 Å². The van der Waals surface area contributed by atoms with Gasteiger partial charge in [0.2, 0.25) is 7.09 Å². The Hall–Kier alpha value is 0.310. The molecule has 0 saturated carbocycles. The van der Waals surface area contributed by atoms with Crippen molar-refractivity contribution in [1.29, 1.82) is 1.34 Å². The summed E-state index contributed by atoms with van der Waals surface area (Å²) >= 11 is 1.03. The van der Waals surface area contributed by atoms with Gasteiger partial charge in [0.25, 0.3) is 0 Å². The summed E-state index contributed by atoms with van der Waals surface area (Å²) in [6.07, 6.45) is 5.72. The van der Waals surface area contributed by atoms with Crippen LogP contribution in [0.5, 0.6) is 0 Å². The van der Waals surface area contributed by atoms with Gasteiger partial charge in [-0.25, -0.2) is 0 Å². The zero-order chi connectivity index (χ0) is 14.0. The zero-order valence-corrected chi connectivity index (χ0v) is 12.4. The monoisotopic (exact) mass is 271 g/mol. The topological polar surface area (TPSA) is 18.5 Å². The van der Waals surface area contributed by atoms with Gasteiger partial charge in [0.15, 0.2) is 0 Å². The lowest BCUT2D eigenvalue weighted by atomic mass is 9.94. The van der Waals surface area contributed by atoms with Gasteiger partial charge in [0.05, 0.1) is 12.7 Å². The Labute approximate surface area is 115 Å². The Morgan fingerprint density at radius 1 is 1.65 bits per heavy atom. The van der Waals surface area contributed by atoms with Gasteiger partial charge in [-0.2, -0.15) is 0 Å². The minimum absolute atomic E-state index is 0.00800. The van der Waals surface area contributed by atoms with E-state index in [1.165, 1.54) is 7.09 Å². The molecule has 3 radical (unpaired) electrons. The minimum atomic E-state index is -0.905. The molecular weight excluding hydrogens is 249 g/mol. The summed E-state index contributed by atoms with van der Waals surface area (Å²) in [4.78, 5) is 0. The molecule has 0 bridgehead atoms. The number of hydrogen-bond donors (Lipinski definition) is 0. The van der Waals surface area contributed by atoms with E-state index in [9.17, 15) is 0 Å². The van der Waals surface area contributed by atoms with Crippen LogP contribution in [-0.2, 0) is 8.71 Å². The average Bonchev–Trinajstić information content (AvgIpc) is 2.32. The molecule has 0 spiro atoms. The van der Waals surface area contributed by atoms with Crippen molar-refractivity contribution in [2.45, 2.75) is 20.0 Å². The van der Waals surface area contributed by atoms with Crippen LogP contribution in [0.3, 0.4) is 0 Å². The van der Waals surface area contributed by atoms with Crippen molar-refractivity contribution in [3.63, 3.8) is 0 Å². The first kappa shape index (κ1) is 15.4. The maximum absolute atomic E-state index is 6.89. The first-order chi connectivity index (χ1) is 8.52. The van der Waals surface area contributed by atoms with Crippen LogP contribution in [0.2, 0.25) is 0 Å². The molecule has 0 aromatic rings. The van der Waals surface area contributed by atoms with Crippen molar-refractivity contribution in [2.24, 2.45) is 11.8 Å². The van der Waals surface area contributed by atoms with Crippen LogP contribution in [0.4, 0.5) is 0 Å². The molecule has 0 aromatic carbocycles. The van der Waals surface area contributed by atoms with E-state index < -0.39 is 8.03 Å². The van der Waals surface area contributed by atoms with Crippen molar-refractivity contribution >= 4 is 34.6 Å². The average molecular weight is 271 g/mol. The fraction of sp³-hybridized carbons (Fsp3) is 0.636. The molecular formula is C11H20B2O2PS. The van der Waals surface area contributed by atoms with Gasteiger partial charge in [-0.3, -0.25) is 0 Å². The van der Waals surface area contributed by atoms with Crippen LogP contribution in [0.15, 0.2) is 24.8 Å². The van der Waals surface area contributed by atoms with Crippen molar-refractivity contribution in [1.82, 2.24) is 0 Å². The molecule has 0 heterocycles. The van der Waals surface area contributed by atoms with Crippen LogP contribution in [0.25, 0.3) is 0 Å². The van der Waals surface area contributed by atoms with Crippen molar-refractivity contribution in [3.8, 4) is 0 Å². The van der Waals surface area contributed by atoms with Crippen LogP contribution in [0.1, 0.15) is 13.8 Å². The first-order valence-electron chi connectivity index (χ1n) is 6.03. The molecule has 4 atom stereocenters. The van der Waals surface area contributed by atoms with E-state index >= 15 is 0 Å². The van der Waals surface area contributed by atoms with E-state index in [2.05, 4.69) is 26.5 Å². The second-order valence-electron chi connectivity index (χ2n) is 3.95. The standard InChI is InChI=1S/C11H20B2O2PS/c1-5-6-7-9(2)11(15-16(4)12)10(3)8-14-17-13/h5-7,9-11,13H,1,8H2,2-4H3/b7-6-/i13T. The zero-order valence-electron chi connectivity index (χ0n) is 11.7. The van der Waals surface area contributed by atoms with Gasteiger partial charge < -0.3 is 8.71 Å². The number of allylic oxidation sites excluding steroid dienone is 2. The van der Waals surface area contributed by atoms with E-state index in [1.54, 1.807) is 6.08 Å². The van der Waals surface area contributed by atoms with Crippen LogP contribution < -0.4 is 0 Å². The molecule has 0 aromatic heterocycles. The lowest BCUT2D eigenvalue weighted by Crippen LogP contribution is -2.29. The van der Waals surface area contributed by atoms with E-state index in [0.29, 0.717) is 6.61 Å². The molecule has 0 N–H and O–H groups in total. The second kappa shape index (κ2) is 10.3. The van der Waals surface area contributed by atoms with Crippen molar-refractivity contribution in [2.75, 3.05) is 13.3 Å². The molecule has 0 aliphatic carbocycles. The third kappa shape index (κ3) is 8.10. The molecule has 93 valence electrons. The molecule has 0 aliphatic rings. The summed E-state index contributed by atoms with van der Waals surface area (Å²) in [5, 5.41) is 0. The Balaban J connectivity index is 4.44. The third-order valence-electron chi connectivity index (χ3n) is 2.32. The first-order valence-corrected chi connectivity index (χ1v) is 8.03. The van der Waals surface area contributed by atoms with Gasteiger partial charge in [-0.05, 0) is 16.0 Å². The molecule has 0 amide bonds. The van der Waals surface area contributed by atoms with E-state index in [4.69, 9.17) is 17.6 Å². The molecule has 0 fully saturated rings. The predicted octanol–water partition coefficient (Wildman–Crippen LogP) is 2.98. The lowest BCUT2D eigenvalue weighted by Gasteiger charge is -2.29. The summed E-state index contributed by atoms with van der Waals surface area (Å²) in [5.41, 5.74) is 0. The Morgan fingerprint density at radius 3 is 2.88 bits per heavy atom. The molecule has 4 unspecified atom stereocenters. The van der Waals surface area contributed by atoms with E-state index in [1.807, 2.05) is 12.7 Å². The van der Waals surface area contributed by atoms with E-state index in [0.717, 1.165) is 11.9 Å². The van der Waals surface area contributed by atoms with Crippen LogP contribution >= 0.6 is 19.9 Å². The van der Waals surface area contributed by atoms with Crippen molar-refractivity contribution < 1.29 is 8.71 Å². The number of hydrogen-bond acceptors (Lipinski definition) is 3. The maximum Gasteiger partial charge on any atom is 0.209 e. The normalized spacial score (nSPS) is 19.4. The molecule has 0 saturated heterocycles. The van der Waals surface area contributed by atoms with Crippen LogP contribution in [0, 0.1) is 11.8 Å². The molecule has 0 aliphatic heterocycles. The predicted molar refractivity (Wildman–Crippen MR) is 81.8 cm³/mol. The van der Waals surface area contributed by atoms with Crippen LogP contribution in [-0.4, -0.2) is 35.4 Å². The smallest absolute Gasteiger partial charge is 0.209 e. The summed E-state index contributed by atoms with van der Waals surface area (Å²) < 4.78 is 18.0. The fourth-order valence-corrected chi connectivity index (χ4v) is 2.59. The summed E-state index contributed by atoms with van der Waals surface area (Å²) in [5.74, 6) is 0.440. The summed E-state index contributed by atoms with van der Waals surface area (Å²) in [6.45, 7) is 10.2. The molecule has 2 nitrogen and oxygen atoms in total. The van der Waals surface area contributed by atoms with Gasteiger partial charge in [-0.1, -0.05) is 50.5 Å². The highest BCUT2D eigenvalue weighted by Gasteiger charge is 2.24. The molecule has 0 rings (SSSR count). The molecule has 17 heavy (non-hydrogen) atoms. The third-order valence-corrected chi connectivity index (χ3v) is 3.16. The van der Waals surface area contributed by atoms with Crippen molar-refractivity contribution in [3.05, 3.63) is 24.8 Å². The highest BCUT2D eigenvalue weighted by atomic mass is 32.2. The Kier molecular flexibility index (Phi) is 9.27. The van der Waals surface area contributed by atoms with Gasteiger partial charge in [-0.15, -0.1) is 0 Å². The van der Waals surface area contributed by atoms with E-state index in [-0.39, 0.29) is 17.9 Å². The SMILES string of the molecule is [3H][B]SOCC(C)C(OP([B])C)C(C)/C=C\C=C. The minimum Gasteiger partial charge on any atom is -0.366 e. The quantitative estimate of drug-likeness (QED) is 0.200. The van der Waals surface area contributed by atoms with Gasteiger partial charge >= 0.3 is 0 Å². The lowest BCUT2D eigenvalue weighted by molar-refractivity contribution is 0.0990. The molecule has 6 heteroatoms. The highest BCUT2D eigenvalue weighted by Crippen LogP contribution is 2.33. The second-order valence-corrected chi connectivity index (χ2v) is 5.69. The number of rotatable bonds is 10. The Morgan fingerprint density at radius 2 is 2.35 bits per heavy atom. The highest BCUT2D eigenvalue weighted by molar-refractivity contribution is 8.15. The Bertz CT molecular complexity index is 257. The van der Waals surface area contributed by atoms with Gasteiger partial charge in [0.1, 0.15) is 7.57 Å². The summed E-state index contributed by atoms with van der Waals surface area (Å²) in [6, 6.07) is 0. The fourth-order valence-electron chi connectivity index (χ4n) is 1.51. The maximum atomic E-state index is 6.89.